The normalized spacial score (nSPS) is 18.2. The highest BCUT2D eigenvalue weighted by atomic mass is 35.5. The molecule has 1 fully saturated rings. The van der Waals surface area contributed by atoms with Gasteiger partial charge in [-0.1, -0.05) is 30.7 Å². The molecule has 0 aromatic heterocycles. The summed E-state index contributed by atoms with van der Waals surface area (Å²) in [5.74, 6) is -0.251. The Balaban J connectivity index is 2.41. The summed E-state index contributed by atoms with van der Waals surface area (Å²) >= 11 is 6.03. The quantitative estimate of drug-likeness (QED) is 0.834. The number of rotatable bonds is 5. The predicted molar refractivity (Wildman–Crippen MR) is 71.6 cm³/mol. The SMILES string of the molecule is CCC(NC1CC1)(C(=O)OC)c1cccc(Cl)c1. The van der Waals surface area contributed by atoms with E-state index in [0.29, 0.717) is 17.5 Å². The summed E-state index contributed by atoms with van der Waals surface area (Å²) in [7, 11) is 1.42. The Bertz CT molecular complexity index is 445. The fraction of sp³-hybridized carbons (Fsp3) is 0.500. The molecule has 1 aliphatic rings. The van der Waals surface area contributed by atoms with Gasteiger partial charge in [-0.25, -0.2) is 4.79 Å². The molecule has 3 nitrogen and oxygen atoms in total. The van der Waals surface area contributed by atoms with Crippen LogP contribution in [0.3, 0.4) is 0 Å². The predicted octanol–water partition coefficient (Wildman–Crippen LogP) is 2.87. The van der Waals surface area contributed by atoms with Crippen LogP contribution in [0, 0.1) is 0 Å². The minimum Gasteiger partial charge on any atom is -0.467 e. The third kappa shape index (κ3) is 2.52. The van der Waals surface area contributed by atoms with Gasteiger partial charge in [-0.05, 0) is 37.0 Å². The molecule has 1 unspecified atom stereocenters. The number of carbonyl (C=O) groups is 1. The molecule has 1 aliphatic carbocycles. The fourth-order valence-electron chi connectivity index (χ4n) is 2.21. The van der Waals surface area contributed by atoms with Gasteiger partial charge in [-0.2, -0.15) is 0 Å². The molecule has 0 heterocycles. The lowest BCUT2D eigenvalue weighted by Crippen LogP contribution is -2.50. The zero-order valence-electron chi connectivity index (χ0n) is 10.7. The van der Waals surface area contributed by atoms with Crippen molar-refractivity contribution in [2.45, 2.75) is 37.8 Å². The number of esters is 1. The molecule has 0 radical (unpaired) electrons. The molecule has 1 aromatic rings. The van der Waals surface area contributed by atoms with Crippen molar-refractivity contribution < 1.29 is 9.53 Å². The summed E-state index contributed by atoms with van der Waals surface area (Å²) in [6, 6.07) is 7.82. The molecule has 18 heavy (non-hydrogen) atoms. The average Bonchev–Trinajstić information content (AvgIpc) is 3.19. The van der Waals surface area contributed by atoms with Gasteiger partial charge in [0, 0.05) is 11.1 Å². The summed E-state index contributed by atoms with van der Waals surface area (Å²) < 4.78 is 4.99. The second kappa shape index (κ2) is 5.29. The average molecular weight is 268 g/mol. The highest BCUT2D eigenvalue weighted by Gasteiger charge is 2.43. The standard InChI is InChI=1S/C14H18ClNO2/c1-3-14(13(17)18-2,16-12-7-8-12)10-5-4-6-11(15)9-10/h4-6,9,12,16H,3,7-8H2,1-2H3. The number of nitrogens with one attached hydrogen (secondary N) is 1. The Hall–Kier alpha value is -1.06. The number of ether oxygens (including phenoxy) is 1. The van der Waals surface area contributed by atoms with Crippen LogP contribution in [-0.4, -0.2) is 19.1 Å². The lowest BCUT2D eigenvalue weighted by atomic mass is 9.87. The largest absolute Gasteiger partial charge is 0.467 e. The molecule has 1 atom stereocenters. The molecule has 2 rings (SSSR count). The highest BCUT2D eigenvalue weighted by molar-refractivity contribution is 6.30. The Kier molecular flexibility index (Phi) is 3.93. The van der Waals surface area contributed by atoms with E-state index in [9.17, 15) is 4.79 Å². The van der Waals surface area contributed by atoms with E-state index >= 15 is 0 Å². The fourth-order valence-corrected chi connectivity index (χ4v) is 2.41. The maximum Gasteiger partial charge on any atom is 0.330 e. The molecule has 0 bridgehead atoms. The van der Waals surface area contributed by atoms with E-state index in [1.54, 1.807) is 6.07 Å². The number of halogens is 1. The summed E-state index contributed by atoms with van der Waals surface area (Å²) in [4.78, 5) is 12.2. The van der Waals surface area contributed by atoms with Crippen LogP contribution in [0.5, 0.6) is 0 Å². The van der Waals surface area contributed by atoms with E-state index in [1.165, 1.54) is 7.11 Å². The molecule has 1 saturated carbocycles. The first-order valence-corrected chi connectivity index (χ1v) is 6.62. The smallest absolute Gasteiger partial charge is 0.330 e. The molecule has 0 spiro atoms. The van der Waals surface area contributed by atoms with Gasteiger partial charge < -0.3 is 4.74 Å². The Morgan fingerprint density at radius 2 is 2.28 bits per heavy atom. The van der Waals surface area contributed by atoms with Crippen molar-refractivity contribution in [1.82, 2.24) is 5.32 Å². The van der Waals surface area contributed by atoms with Gasteiger partial charge in [0.2, 0.25) is 0 Å². The molecule has 0 aliphatic heterocycles. The van der Waals surface area contributed by atoms with Gasteiger partial charge in [0.1, 0.15) is 5.54 Å². The van der Waals surface area contributed by atoms with Crippen molar-refractivity contribution in [3.05, 3.63) is 34.9 Å². The number of hydrogen-bond donors (Lipinski definition) is 1. The molecule has 1 N–H and O–H groups in total. The lowest BCUT2D eigenvalue weighted by molar-refractivity contribution is -0.149. The molecular formula is C14H18ClNO2. The zero-order chi connectivity index (χ0) is 13.2. The maximum atomic E-state index is 12.2. The second-order valence-corrected chi connectivity index (χ2v) is 5.12. The van der Waals surface area contributed by atoms with Gasteiger partial charge in [0.25, 0.3) is 0 Å². The van der Waals surface area contributed by atoms with E-state index in [0.717, 1.165) is 18.4 Å². The van der Waals surface area contributed by atoms with Gasteiger partial charge >= 0.3 is 5.97 Å². The molecule has 0 amide bonds. The monoisotopic (exact) mass is 267 g/mol. The van der Waals surface area contributed by atoms with Gasteiger partial charge in [-0.15, -0.1) is 0 Å². The van der Waals surface area contributed by atoms with Crippen molar-refractivity contribution in [3.8, 4) is 0 Å². The van der Waals surface area contributed by atoms with E-state index in [4.69, 9.17) is 16.3 Å². The Morgan fingerprint density at radius 3 is 2.78 bits per heavy atom. The third-order valence-corrected chi connectivity index (χ3v) is 3.64. The summed E-state index contributed by atoms with van der Waals surface area (Å²) in [5, 5.41) is 4.05. The molecule has 0 saturated heterocycles. The molecule has 1 aromatic carbocycles. The topological polar surface area (TPSA) is 38.3 Å². The lowest BCUT2D eigenvalue weighted by Gasteiger charge is -2.32. The van der Waals surface area contributed by atoms with Gasteiger partial charge in [0.15, 0.2) is 0 Å². The van der Waals surface area contributed by atoms with Crippen molar-refractivity contribution in [2.75, 3.05) is 7.11 Å². The van der Waals surface area contributed by atoms with Crippen molar-refractivity contribution in [1.29, 1.82) is 0 Å². The Morgan fingerprint density at radius 1 is 1.56 bits per heavy atom. The number of hydrogen-bond acceptors (Lipinski definition) is 3. The van der Waals surface area contributed by atoms with E-state index in [-0.39, 0.29) is 5.97 Å². The van der Waals surface area contributed by atoms with Crippen LogP contribution in [0.2, 0.25) is 5.02 Å². The first-order chi connectivity index (χ1) is 8.62. The molecule has 4 heteroatoms. The number of carbonyl (C=O) groups excluding carboxylic acids is 1. The van der Waals surface area contributed by atoms with Crippen LogP contribution in [0.15, 0.2) is 24.3 Å². The number of benzene rings is 1. The number of methoxy groups -OCH3 is 1. The van der Waals surface area contributed by atoms with Crippen LogP contribution in [0.1, 0.15) is 31.7 Å². The molecule has 98 valence electrons. The van der Waals surface area contributed by atoms with Crippen LogP contribution in [0.4, 0.5) is 0 Å². The summed E-state index contributed by atoms with van der Waals surface area (Å²) in [5.41, 5.74) is 0.0946. The summed E-state index contributed by atoms with van der Waals surface area (Å²) in [6.07, 6.45) is 2.86. The zero-order valence-corrected chi connectivity index (χ0v) is 11.5. The third-order valence-electron chi connectivity index (χ3n) is 3.41. The first kappa shape index (κ1) is 13.4. The van der Waals surface area contributed by atoms with Gasteiger partial charge in [-0.3, -0.25) is 5.32 Å². The van der Waals surface area contributed by atoms with Crippen LogP contribution in [0.25, 0.3) is 0 Å². The molecular weight excluding hydrogens is 250 g/mol. The van der Waals surface area contributed by atoms with Crippen molar-refractivity contribution in [2.24, 2.45) is 0 Å². The van der Waals surface area contributed by atoms with E-state index in [2.05, 4.69) is 5.32 Å². The minimum atomic E-state index is -0.777. The highest BCUT2D eigenvalue weighted by Crippen LogP contribution is 2.33. The van der Waals surface area contributed by atoms with Crippen LogP contribution < -0.4 is 5.32 Å². The second-order valence-electron chi connectivity index (χ2n) is 4.68. The van der Waals surface area contributed by atoms with Gasteiger partial charge in [0.05, 0.1) is 7.11 Å². The van der Waals surface area contributed by atoms with Crippen LogP contribution >= 0.6 is 11.6 Å². The maximum absolute atomic E-state index is 12.2. The first-order valence-electron chi connectivity index (χ1n) is 6.24. The summed E-state index contributed by atoms with van der Waals surface area (Å²) in [6.45, 7) is 1.98. The van der Waals surface area contributed by atoms with Crippen molar-refractivity contribution in [3.63, 3.8) is 0 Å². The van der Waals surface area contributed by atoms with E-state index in [1.807, 2.05) is 25.1 Å². The Labute approximate surface area is 112 Å². The van der Waals surface area contributed by atoms with Crippen LogP contribution in [-0.2, 0) is 15.1 Å². The minimum absolute atomic E-state index is 0.251. The van der Waals surface area contributed by atoms with Crippen molar-refractivity contribution >= 4 is 17.6 Å². The van der Waals surface area contributed by atoms with E-state index < -0.39 is 5.54 Å².